The Morgan fingerprint density at radius 1 is 1.13 bits per heavy atom. The Balaban J connectivity index is 1.63. The van der Waals surface area contributed by atoms with Crippen molar-refractivity contribution in [2.75, 3.05) is 20.2 Å². The number of hydrogen-bond donors (Lipinski definition) is 2. The zero-order valence-corrected chi connectivity index (χ0v) is 13.9. The molecular formula is C18H21ClN2O2. The van der Waals surface area contributed by atoms with Crippen LogP contribution < -0.4 is 15.4 Å². The Hall–Kier alpha value is -2.04. The predicted molar refractivity (Wildman–Crippen MR) is 92.9 cm³/mol. The van der Waals surface area contributed by atoms with Crippen LogP contribution >= 0.6 is 11.6 Å². The summed E-state index contributed by atoms with van der Waals surface area (Å²) in [6, 6.07) is 15.4. The van der Waals surface area contributed by atoms with Crippen molar-refractivity contribution in [3.05, 3.63) is 64.7 Å². The third kappa shape index (κ3) is 5.93. The molecule has 5 heteroatoms. The van der Waals surface area contributed by atoms with E-state index < -0.39 is 0 Å². The number of carbonyl (C=O) groups is 1. The lowest BCUT2D eigenvalue weighted by Crippen LogP contribution is -2.34. The van der Waals surface area contributed by atoms with Crippen LogP contribution in [0.15, 0.2) is 48.5 Å². The van der Waals surface area contributed by atoms with Crippen LogP contribution in [-0.4, -0.2) is 26.1 Å². The second-order valence-electron chi connectivity index (χ2n) is 5.14. The van der Waals surface area contributed by atoms with Gasteiger partial charge in [-0.1, -0.05) is 41.9 Å². The molecule has 0 aromatic heterocycles. The third-order valence-corrected chi connectivity index (χ3v) is 3.84. The van der Waals surface area contributed by atoms with E-state index in [4.69, 9.17) is 16.3 Å². The normalized spacial score (nSPS) is 10.3. The van der Waals surface area contributed by atoms with E-state index in [1.807, 2.05) is 48.5 Å². The number of hydrogen-bond acceptors (Lipinski definition) is 3. The van der Waals surface area contributed by atoms with Crippen molar-refractivity contribution in [3.63, 3.8) is 0 Å². The maximum atomic E-state index is 11.8. The molecule has 0 fully saturated rings. The van der Waals surface area contributed by atoms with Crippen molar-refractivity contribution in [3.8, 4) is 5.75 Å². The van der Waals surface area contributed by atoms with Crippen molar-refractivity contribution in [1.82, 2.24) is 10.6 Å². The van der Waals surface area contributed by atoms with Gasteiger partial charge in [-0.25, -0.2) is 0 Å². The van der Waals surface area contributed by atoms with Gasteiger partial charge >= 0.3 is 0 Å². The summed E-state index contributed by atoms with van der Waals surface area (Å²) >= 11 is 6.05. The third-order valence-electron chi connectivity index (χ3n) is 3.47. The quantitative estimate of drug-likeness (QED) is 0.731. The molecule has 2 aromatic carbocycles. The summed E-state index contributed by atoms with van der Waals surface area (Å²) in [7, 11) is 1.65. The monoisotopic (exact) mass is 332 g/mol. The summed E-state index contributed by atoms with van der Waals surface area (Å²) in [6.07, 6.45) is 0.863. The van der Waals surface area contributed by atoms with Crippen LogP contribution in [0.5, 0.6) is 5.75 Å². The highest BCUT2D eigenvalue weighted by Gasteiger charge is 2.03. The molecule has 2 aromatic rings. The fourth-order valence-corrected chi connectivity index (χ4v) is 2.33. The first kappa shape index (κ1) is 17.3. The SMILES string of the molecule is COc1ccc(CCNCC(=O)NCc2ccccc2Cl)cc1. The standard InChI is InChI=1S/C18H21ClN2O2/c1-23-16-8-6-14(7-9-16)10-11-20-13-18(22)21-12-15-4-2-3-5-17(15)19/h2-9,20H,10-13H2,1H3,(H,21,22). The lowest BCUT2D eigenvalue weighted by Gasteiger charge is -2.08. The van der Waals surface area contributed by atoms with E-state index in [0.717, 1.165) is 24.3 Å². The number of ether oxygens (including phenoxy) is 1. The van der Waals surface area contributed by atoms with Gasteiger partial charge in [0.25, 0.3) is 0 Å². The summed E-state index contributed by atoms with van der Waals surface area (Å²) in [4.78, 5) is 11.8. The first-order chi connectivity index (χ1) is 11.2. The van der Waals surface area contributed by atoms with Crippen LogP contribution in [0, 0.1) is 0 Å². The van der Waals surface area contributed by atoms with E-state index in [1.165, 1.54) is 5.56 Å². The summed E-state index contributed by atoms with van der Waals surface area (Å²) in [5, 5.41) is 6.65. The number of benzene rings is 2. The first-order valence-corrected chi connectivity index (χ1v) is 7.90. The van der Waals surface area contributed by atoms with E-state index in [-0.39, 0.29) is 5.91 Å². The number of carbonyl (C=O) groups excluding carboxylic acids is 1. The van der Waals surface area contributed by atoms with Crippen molar-refractivity contribution in [2.24, 2.45) is 0 Å². The van der Waals surface area contributed by atoms with Crippen LogP contribution in [0.25, 0.3) is 0 Å². The van der Waals surface area contributed by atoms with Crippen LogP contribution in [0.1, 0.15) is 11.1 Å². The summed E-state index contributed by atoms with van der Waals surface area (Å²) in [5.74, 6) is 0.806. The molecule has 0 heterocycles. The first-order valence-electron chi connectivity index (χ1n) is 7.53. The maximum Gasteiger partial charge on any atom is 0.234 e. The minimum absolute atomic E-state index is 0.0420. The van der Waals surface area contributed by atoms with Crippen LogP contribution in [0.3, 0.4) is 0 Å². The van der Waals surface area contributed by atoms with Gasteiger partial charge in [0.05, 0.1) is 13.7 Å². The zero-order valence-electron chi connectivity index (χ0n) is 13.1. The highest BCUT2D eigenvalue weighted by Crippen LogP contribution is 2.14. The molecule has 0 aliphatic carbocycles. The van der Waals surface area contributed by atoms with Gasteiger partial charge in [0.1, 0.15) is 5.75 Å². The molecule has 0 saturated carbocycles. The highest BCUT2D eigenvalue weighted by molar-refractivity contribution is 6.31. The molecule has 0 radical (unpaired) electrons. The Morgan fingerprint density at radius 3 is 2.57 bits per heavy atom. The van der Waals surface area contributed by atoms with Gasteiger partial charge < -0.3 is 15.4 Å². The largest absolute Gasteiger partial charge is 0.497 e. The molecule has 0 unspecified atom stereocenters. The van der Waals surface area contributed by atoms with E-state index in [2.05, 4.69) is 10.6 Å². The fraction of sp³-hybridized carbons (Fsp3) is 0.278. The maximum absolute atomic E-state index is 11.8. The second-order valence-corrected chi connectivity index (χ2v) is 5.55. The molecular weight excluding hydrogens is 312 g/mol. The second kappa shape index (κ2) is 9.18. The molecule has 0 bridgehead atoms. The van der Waals surface area contributed by atoms with Gasteiger partial charge in [0.15, 0.2) is 0 Å². The van der Waals surface area contributed by atoms with E-state index in [9.17, 15) is 4.79 Å². The van der Waals surface area contributed by atoms with Crippen molar-refractivity contribution in [1.29, 1.82) is 0 Å². The minimum atomic E-state index is -0.0420. The number of nitrogens with one attached hydrogen (secondary N) is 2. The summed E-state index contributed by atoms with van der Waals surface area (Å²) in [6.45, 7) is 1.48. The minimum Gasteiger partial charge on any atom is -0.497 e. The lowest BCUT2D eigenvalue weighted by molar-refractivity contribution is -0.120. The van der Waals surface area contributed by atoms with Gasteiger partial charge in [-0.15, -0.1) is 0 Å². The number of rotatable bonds is 8. The van der Waals surface area contributed by atoms with E-state index in [0.29, 0.717) is 18.1 Å². The van der Waals surface area contributed by atoms with Crippen molar-refractivity contribution in [2.45, 2.75) is 13.0 Å². The average Bonchev–Trinajstić information content (AvgIpc) is 2.58. The highest BCUT2D eigenvalue weighted by atomic mass is 35.5. The Labute approximate surface area is 141 Å². The average molecular weight is 333 g/mol. The molecule has 23 heavy (non-hydrogen) atoms. The van der Waals surface area contributed by atoms with Crippen LogP contribution in [-0.2, 0) is 17.8 Å². The van der Waals surface area contributed by atoms with E-state index in [1.54, 1.807) is 7.11 Å². The molecule has 0 spiro atoms. The molecule has 0 aliphatic heterocycles. The summed E-state index contributed by atoms with van der Waals surface area (Å²) in [5.41, 5.74) is 2.12. The van der Waals surface area contributed by atoms with Gasteiger partial charge in [-0.3, -0.25) is 4.79 Å². The number of methoxy groups -OCH3 is 1. The van der Waals surface area contributed by atoms with Gasteiger partial charge in [-0.2, -0.15) is 0 Å². The molecule has 122 valence electrons. The Morgan fingerprint density at radius 2 is 1.87 bits per heavy atom. The molecule has 0 saturated heterocycles. The molecule has 0 aliphatic rings. The smallest absolute Gasteiger partial charge is 0.234 e. The molecule has 0 atom stereocenters. The Bertz CT molecular complexity index is 629. The van der Waals surface area contributed by atoms with Gasteiger partial charge in [0.2, 0.25) is 5.91 Å². The predicted octanol–water partition coefficient (Wildman–Crippen LogP) is 2.80. The molecule has 1 amide bonds. The fourth-order valence-electron chi connectivity index (χ4n) is 2.12. The number of amides is 1. The molecule has 2 rings (SSSR count). The van der Waals surface area contributed by atoms with Crippen molar-refractivity contribution < 1.29 is 9.53 Å². The molecule has 2 N–H and O–H groups in total. The summed E-state index contributed by atoms with van der Waals surface area (Å²) < 4.78 is 5.12. The van der Waals surface area contributed by atoms with E-state index >= 15 is 0 Å². The van der Waals surface area contributed by atoms with Crippen molar-refractivity contribution >= 4 is 17.5 Å². The zero-order chi connectivity index (χ0) is 16.5. The number of halogens is 1. The van der Waals surface area contributed by atoms with Gasteiger partial charge in [0, 0.05) is 11.6 Å². The lowest BCUT2D eigenvalue weighted by atomic mass is 10.1. The molecule has 4 nitrogen and oxygen atoms in total. The van der Waals surface area contributed by atoms with Crippen LogP contribution in [0.4, 0.5) is 0 Å². The Kier molecular flexibility index (Phi) is 6.91. The van der Waals surface area contributed by atoms with Crippen LogP contribution in [0.2, 0.25) is 5.02 Å². The van der Waals surface area contributed by atoms with Gasteiger partial charge in [-0.05, 0) is 42.3 Å². The topological polar surface area (TPSA) is 50.4 Å².